The van der Waals surface area contributed by atoms with Crippen molar-refractivity contribution in [3.05, 3.63) is 34.6 Å². The molecule has 0 radical (unpaired) electrons. The summed E-state index contributed by atoms with van der Waals surface area (Å²) in [6, 6.07) is 3.86. The highest BCUT2D eigenvalue weighted by Gasteiger charge is 2.00. The van der Waals surface area contributed by atoms with E-state index in [0.29, 0.717) is 0 Å². The van der Waals surface area contributed by atoms with E-state index in [9.17, 15) is 0 Å². The van der Waals surface area contributed by atoms with Crippen molar-refractivity contribution in [1.29, 1.82) is 0 Å². The number of rotatable bonds is 0. The number of fused-ring (bicyclic) bond motifs is 1. The Bertz CT molecular complexity index is 465. The summed E-state index contributed by atoms with van der Waals surface area (Å²) < 4.78 is 2.76. The Morgan fingerprint density at radius 1 is 1.58 bits per heavy atom. The fourth-order valence-electron chi connectivity index (χ4n) is 1.07. The second kappa shape index (κ2) is 2.65. The molecule has 0 fully saturated rings. The summed E-state index contributed by atoms with van der Waals surface area (Å²) in [4.78, 5) is 0. The van der Waals surface area contributed by atoms with Gasteiger partial charge < -0.3 is 0 Å². The quantitative estimate of drug-likeness (QED) is 0.622. The van der Waals surface area contributed by atoms with Crippen molar-refractivity contribution in [2.75, 3.05) is 0 Å². The van der Waals surface area contributed by atoms with Crippen LogP contribution in [0.1, 0.15) is 5.56 Å². The summed E-state index contributed by atoms with van der Waals surface area (Å²) in [5.74, 6) is 2.57. The third-order valence-corrected chi connectivity index (χ3v) is 2.13. The minimum atomic E-state index is 0.816. The van der Waals surface area contributed by atoms with E-state index in [1.54, 1.807) is 10.7 Å². The molecule has 0 aliphatic rings. The first-order valence-electron chi connectivity index (χ1n) is 3.41. The van der Waals surface area contributed by atoms with Gasteiger partial charge in [0.05, 0.1) is 17.3 Å². The molecule has 2 aromatic heterocycles. The second-order valence-corrected chi connectivity index (χ2v) is 3.29. The largest absolute Gasteiger partial charge is 0.240 e. The molecule has 2 heterocycles. The Labute approximate surface area is 78.3 Å². The molecule has 0 aromatic carbocycles. The SMILES string of the molecule is C#Cc1cnn2ccc(Br)cc12. The molecule has 2 rings (SSSR count). The molecular weight excluding hydrogens is 216 g/mol. The van der Waals surface area contributed by atoms with Gasteiger partial charge in [0.15, 0.2) is 0 Å². The summed E-state index contributed by atoms with van der Waals surface area (Å²) in [6.07, 6.45) is 8.84. The van der Waals surface area contributed by atoms with Crippen LogP contribution in [-0.2, 0) is 0 Å². The molecule has 0 amide bonds. The van der Waals surface area contributed by atoms with E-state index >= 15 is 0 Å². The van der Waals surface area contributed by atoms with E-state index in [0.717, 1.165) is 15.6 Å². The number of halogens is 1. The maximum Gasteiger partial charge on any atom is 0.0829 e. The molecule has 0 aliphatic carbocycles. The van der Waals surface area contributed by atoms with Crippen molar-refractivity contribution in [2.45, 2.75) is 0 Å². The predicted molar refractivity (Wildman–Crippen MR) is 50.8 cm³/mol. The van der Waals surface area contributed by atoms with Crippen LogP contribution >= 0.6 is 15.9 Å². The third kappa shape index (κ3) is 1.01. The van der Waals surface area contributed by atoms with Crippen molar-refractivity contribution in [1.82, 2.24) is 9.61 Å². The zero-order valence-electron chi connectivity index (χ0n) is 6.16. The Balaban J connectivity index is 2.86. The second-order valence-electron chi connectivity index (χ2n) is 2.38. The molecule has 3 heteroatoms. The number of hydrogen-bond acceptors (Lipinski definition) is 1. The minimum Gasteiger partial charge on any atom is -0.240 e. The lowest BCUT2D eigenvalue weighted by Gasteiger charge is -1.93. The molecule has 0 aliphatic heterocycles. The first-order valence-corrected chi connectivity index (χ1v) is 4.20. The van der Waals surface area contributed by atoms with Gasteiger partial charge in [-0.3, -0.25) is 0 Å². The van der Waals surface area contributed by atoms with Crippen molar-refractivity contribution < 1.29 is 0 Å². The molecule has 0 atom stereocenters. The van der Waals surface area contributed by atoms with Gasteiger partial charge in [-0.1, -0.05) is 21.9 Å². The van der Waals surface area contributed by atoms with Crippen molar-refractivity contribution >= 4 is 21.4 Å². The van der Waals surface area contributed by atoms with Gasteiger partial charge in [0.25, 0.3) is 0 Å². The molecule has 58 valence electrons. The van der Waals surface area contributed by atoms with Crippen LogP contribution < -0.4 is 0 Å². The van der Waals surface area contributed by atoms with E-state index in [1.807, 2.05) is 18.3 Å². The number of hydrogen-bond donors (Lipinski definition) is 0. The van der Waals surface area contributed by atoms with Crippen LogP contribution in [-0.4, -0.2) is 9.61 Å². The van der Waals surface area contributed by atoms with E-state index in [2.05, 4.69) is 26.9 Å². The van der Waals surface area contributed by atoms with Gasteiger partial charge in [0, 0.05) is 10.7 Å². The van der Waals surface area contributed by atoms with Crippen LogP contribution in [0.2, 0.25) is 0 Å². The van der Waals surface area contributed by atoms with Gasteiger partial charge >= 0.3 is 0 Å². The van der Waals surface area contributed by atoms with Gasteiger partial charge in [-0.15, -0.1) is 6.42 Å². The highest BCUT2D eigenvalue weighted by Crippen LogP contribution is 2.15. The van der Waals surface area contributed by atoms with E-state index in [4.69, 9.17) is 6.42 Å². The fourth-order valence-corrected chi connectivity index (χ4v) is 1.40. The Morgan fingerprint density at radius 3 is 3.17 bits per heavy atom. The maximum atomic E-state index is 5.29. The van der Waals surface area contributed by atoms with Gasteiger partial charge in [-0.2, -0.15) is 5.10 Å². The number of aromatic nitrogens is 2. The average Bonchev–Trinajstić information content (AvgIpc) is 2.46. The lowest BCUT2D eigenvalue weighted by atomic mass is 10.3. The lowest BCUT2D eigenvalue weighted by Crippen LogP contribution is -1.84. The van der Waals surface area contributed by atoms with Gasteiger partial charge in [0.1, 0.15) is 0 Å². The summed E-state index contributed by atoms with van der Waals surface area (Å²) in [5.41, 5.74) is 1.77. The highest BCUT2D eigenvalue weighted by atomic mass is 79.9. The zero-order valence-corrected chi connectivity index (χ0v) is 7.75. The molecule has 2 nitrogen and oxygen atoms in total. The predicted octanol–water partition coefficient (Wildman–Crippen LogP) is 2.08. The molecule has 0 spiro atoms. The van der Waals surface area contributed by atoms with Crippen molar-refractivity contribution in [2.24, 2.45) is 0 Å². The van der Waals surface area contributed by atoms with E-state index in [-0.39, 0.29) is 0 Å². The van der Waals surface area contributed by atoms with Crippen LogP contribution in [0.5, 0.6) is 0 Å². The van der Waals surface area contributed by atoms with E-state index < -0.39 is 0 Å². The molecule has 0 saturated heterocycles. The molecular formula is C9H5BrN2. The third-order valence-electron chi connectivity index (χ3n) is 1.64. The Morgan fingerprint density at radius 2 is 2.42 bits per heavy atom. The summed E-state index contributed by atoms with van der Waals surface area (Å²) >= 11 is 3.37. The zero-order chi connectivity index (χ0) is 8.55. The molecule has 2 aromatic rings. The van der Waals surface area contributed by atoms with Crippen LogP contribution in [0.3, 0.4) is 0 Å². The normalized spacial score (nSPS) is 10.0. The van der Waals surface area contributed by atoms with Gasteiger partial charge in [-0.25, -0.2) is 4.52 Å². The van der Waals surface area contributed by atoms with E-state index in [1.165, 1.54) is 0 Å². The molecule has 0 unspecified atom stereocenters. The standard InChI is InChI=1S/C9H5BrN2/c1-2-7-6-11-12-4-3-8(10)5-9(7)12/h1,3-6H. The molecule has 0 saturated carbocycles. The molecule has 0 bridgehead atoms. The van der Waals surface area contributed by atoms with Crippen LogP contribution in [0.4, 0.5) is 0 Å². The molecule has 0 N–H and O–H groups in total. The maximum absolute atomic E-state index is 5.29. The number of terminal acetylenes is 1. The van der Waals surface area contributed by atoms with Crippen LogP contribution in [0.25, 0.3) is 5.52 Å². The number of pyridine rings is 1. The van der Waals surface area contributed by atoms with Crippen LogP contribution in [0, 0.1) is 12.3 Å². The smallest absolute Gasteiger partial charge is 0.0829 e. The monoisotopic (exact) mass is 220 g/mol. The molecule has 12 heavy (non-hydrogen) atoms. The minimum absolute atomic E-state index is 0.816. The Kier molecular flexibility index (Phi) is 1.63. The first-order chi connectivity index (χ1) is 5.81. The van der Waals surface area contributed by atoms with Crippen LogP contribution in [0.15, 0.2) is 29.0 Å². The van der Waals surface area contributed by atoms with Gasteiger partial charge in [0.2, 0.25) is 0 Å². The van der Waals surface area contributed by atoms with Crippen molar-refractivity contribution in [3.8, 4) is 12.3 Å². The summed E-state index contributed by atoms with van der Waals surface area (Å²) in [7, 11) is 0. The van der Waals surface area contributed by atoms with Gasteiger partial charge in [-0.05, 0) is 12.1 Å². The average molecular weight is 221 g/mol. The summed E-state index contributed by atoms with van der Waals surface area (Å²) in [6.45, 7) is 0. The fraction of sp³-hybridized carbons (Fsp3) is 0. The number of nitrogens with zero attached hydrogens (tertiary/aromatic N) is 2. The summed E-state index contributed by atoms with van der Waals surface area (Å²) in [5, 5.41) is 4.08. The Hall–Kier alpha value is -1.27. The topological polar surface area (TPSA) is 17.3 Å². The van der Waals surface area contributed by atoms with Crippen molar-refractivity contribution in [3.63, 3.8) is 0 Å². The first kappa shape index (κ1) is 7.38. The highest BCUT2D eigenvalue weighted by molar-refractivity contribution is 9.10. The lowest BCUT2D eigenvalue weighted by molar-refractivity contribution is 0.959.